The molecule has 0 atom stereocenters. The van der Waals surface area contributed by atoms with Gasteiger partial charge in [-0.15, -0.1) is 23.2 Å². The van der Waals surface area contributed by atoms with Crippen LogP contribution in [0.15, 0.2) is 127 Å². The van der Waals surface area contributed by atoms with E-state index in [-0.39, 0.29) is 0 Å². The Morgan fingerprint density at radius 3 is 1.54 bits per heavy atom. The van der Waals surface area contributed by atoms with Gasteiger partial charge in [0.05, 0.1) is 0 Å². The fourth-order valence-corrected chi connectivity index (χ4v) is 7.06. The lowest BCUT2D eigenvalue weighted by molar-refractivity contribution is 1.48. The zero-order valence-electron chi connectivity index (χ0n) is 22.8. The summed E-state index contributed by atoms with van der Waals surface area (Å²) in [5.74, 6) is 1.08. The van der Waals surface area contributed by atoms with Gasteiger partial charge >= 0.3 is 0 Å². The lowest BCUT2D eigenvalue weighted by atomic mass is 9.90. The van der Waals surface area contributed by atoms with Crippen molar-refractivity contribution in [2.45, 2.75) is 18.7 Å². The standard InChI is InChI=1S/C20H15Cl.C19H13Cl/c1-13-15-7-4-5-9-17(15)19(12-21)18-11-10-14-6-2-3-8-16(14)20(13)18;20-12-19-16-8-4-2-6-14(16)11-18-15-7-3-1-5-13(15)9-10-17(18)19/h2-11H,12H2,1H3;1-11H,12H2. The van der Waals surface area contributed by atoms with Gasteiger partial charge in [-0.3, -0.25) is 0 Å². The van der Waals surface area contributed by atoms with Crippen LogP contribution in [0.3, 0.4) is 0 Å². The number of hydrogen-bond acceptors (Lipinski definition) is 0. The Morgan fingerprint density at radius 1 is 0.390 bits per heavy atom. The maximum absolute atomic E-state index is 6.29. The summed E-state index contributed by atoms with van der Waals surface area (Å²) in [6.45, 7) is 2.22. The minimum atomic E-state index is 0.537. The van der Waals surface area contributed by atoms with Crippen LogP contribution in [0.1, 0.15) is 16.7 Å². The summed E-state index contributed by atoms with van der Waals surface area (Å²) in [7, 11) is 0. The van der Waals surface area contributed by atoms with Crippen molar-refractivity contribution in [3.63, 3.8) is 0 Å². The average Bonchev–Trinajstić information content (AvgIpc) is 3.04. The first-order valence-corrected chi connectivity index (χ1v) is 15.0. The molecule has 0 radical (unpaired) electrons. The van der Waals surface area contributed by atoms with E-state index >= 15 is 0 Å². The zero-order valence-corrected chi connectivity index (χ0v) is 24.3. The Bertz CT molecular complexity index is 2240. The van der Waals surface area contributed by atoms with E-state index in [1.54, 1.807) is 0 Å². The van der Waals surface area contributed by atoms with E-state index in [0.717, 1.165) is 0 Å². The molecule has 0 aliphatic heterocycles. The SMILES string of the molecule is Cc1c2ccccc2c(CCl)c2ccc3ccccc3c12.ClCc1c2ccccc2cc2c1ccc1ccccc12. The second-order valence-electron chi connectivity index (χ2n) is 10.6. The molecule has 0 aromatic heterocycles. The quantitative estimate of drug-likeness (QED) is 0.111. The van der Waals surface area contributed by atoms with Crippen molar-refractivity contribution in [1.29, 1.82) is 0 Å². The molecule has 0 saturated heterocycles. The highest BCUT2D eigenvalue weighted by Gasteiger charge is 2.13. The van der Waals surface area contributed by atoms with Gasteiger partial charge in [0.15, 0.2) is 0 Å². The second kappa shape index (κ2) is 10.7. The van der Waals surface area contributed by atoms with Crippen LogP contribution in [0.2, 0.25) is 0 Å². The summed E-state index contributed by atoms with van der Waals surface area (Å²) in [5.41, 5.74) is 3.80. The molecule has 0 N–H and O–H groups in total. The monoisotopic (exact) mass is 566 g/mol. The molecular weight excluding hydrogens is 539 g/mol. The molecule has 8 aromatic carbocycles. The van der Waals surface area contributed by atoms with Gasteiger partial charge in [0.25, 0.3) is 0 Å². The highest BCUT2D eigenvalue weighted by Crippen LogP contribution is 2.37. The summed E-state index contributed by atoms with van der Waals surface area (Å²) < 4.78 is 0. The van der Waals surface area contributed by atoms with Crippen molar-refractivity contribution in [2.24, 2.45) is 0 Å². The Labute approximate surface area is 249 Å². The summed E-state index contributed by atoms with van der Waals surface area (Å²) in [6, 6.07) is 45.2. The number of benzene rings is 8. The number of halogens is 2. The van der Waals surface area contributed by atoms with Crippen molar-refractivity contribution >= 4 is 87.8 Å². The third-order valence-corrected chi connectivity index (χ3v) is 8.97. The van der Waals surface area contributed by atoms with E-state index in [0.29, 0.717) is 11.8 Å². The first-order chi connectivity index (χ1) is 20.2. The number of aryl methyl sites for hydroxylation is 1. The molecule has 0 aliphatic rings. The third-order valence-electron chi connectivity index (χ3n) is 8.43. The van der Waals surface area contributed by atoms with Crippen LogP contribution >= 0.6 is 23.2 Å². The highest BCUT2D eigenvalue weighted by molar-refractivity contribution is 6.23. The second-order valence-corrected chi connectivity index (χ2v) is 11.1. The van der Waals surface area contributed by atoms with E-state index < -0.39 is 0 Å². The molecule has 0 saturated carbocycles. The number of rotatable bonds is 2. The van der Waals surface area contributed by atoms with Crippen LogP contribution < -0.4 is 0 Å². The number of fused-ring (bicyclic) bond motifs is 8. The van der Waals surface area contributed by atoms with Crippen molar-refractivity contribution < 1.29 is 0 Å². The first kappa shape index (κ1) is 25.8. The van der Waals surface area contributed by atoms with E-state index in [1.165, 1.54) is 81.3 Å². The Kier molecular flexibility index (Phi) is 6.75. The molecule has 8 aromatic rings. The van der Waals surface area contributed by atoms with Crippen LogP contribution in [0, 0.1) is 6.92 Å². The summed E-state index contributed by atoms with van der Waals surface area (Å²) in [6.07, 6.45) is 0. The van der Waals surface area contributed by atoms with E-state index in [4.69, 9.17) is 23.2 Å². The van der Waals surface area contributed by atoms with Crippen LogP contribution in [0.25, 0.3) is 64.6 Å². The maximum atomic E-state index is 6.29. The minimum Gasteiger partial charge on any atom is -0.122 e. The molecule has 198 valence electrons. The van der Waals surface area contributed by atoms with Gasteiger partial charge in [0.1, 0.15) is 0 Å². The summed E-state index contributed by atoms with van der Waals surface area (Å²) >= 11 is 12.5. The highest BCUT2D eigenvalue weighted by atomic mass is 35.5. The fourth-order valence-electron chi connectivity index (χ4n) is 6.48. The maximum Gasteiger partial charge on any atom is 0.0486 e. The van der Waals surface area contributed by atoms with Gasteiger partial charge < -0.3 is 0 Å². The number of alkyl halides is 2. The topological polar surface area (TPSA) is 0 Å². The molecule has 0 heterocycles. The lowest BCUT2D eigenvalue weighted by Gasteiger charge is -2.15. The molecule has 0 amide bonds. The molecule has 0 fully saturated rings. The lowest BCUT2D eigenvalue weighted by Crippen LogP contribution is -1.91. The molecule has 0 nitrogen and oxygen atoms in total. The van der Waals surface area contributed by atoms with E-state index in [1.807, 2.05) is 0 Å². The van der Waals surface area contributed by atoms with Crippen LogP contribution in [0.5, 0.6) is 0 Å². The van der Waals surface area contributed by atoms with Crippen molar-refractivity contribution in [3.05, 3.63) is 144 Å². The molecule has 2 heteroatoms. The predicted octanol–water partition coefficient (Wildman–Crippen LogP) is 12.1. The molecule has 8 rings (SSSR count). The predicted molar refractivity (Wildman–Crippen MR) is 182 cm³/mol. The smallest absolute Gasteiger partial charge is 0.0486 e. The van der Waals surface area contributed by atoms with Crippen LogP contribution in [-0.4, -0.2) is 0 Å². The Morgan fingerprint density at radius 2 is 0.854 bits per heavy atom. The summed E-state index contributed by atoms with van der Waals surface area (Å²) in [5, 5.41) is 15.4. The first-order valence-electron chi connectivity index (χ1n) is 13.9. The largest absolute Gasteiger partial charge is 0.122 e. The Balaban J connectivity index is 0.000000135. The normalized spacial score (nSPS) is 11.5. The molecular formula is C39H28Cl2. The van der Waals surface area contributed by atoms with Gasteiger partial charge in [-0.05, 0) is 94.3 Å². The third kappa shape index (κ3) is 4.30. The molecule has 0 spiro atoms. The van der Waals surface area contributed by atoms with Gasteiger partial charge in [-0.1, -0.05) is 121 Å². The van der Waals surface area contributed by atoms with Crippen molar-refractivity contribution in [1.82, 2.24) is 0 Å². The number of hydrogen-bond donors (Lipinski definition) is 0. The molecule has 41 heavy (non-hydrogen) atoms. The molecule has 0 bridgehead atoms. The van der Waals surface area contributed by atoms with Crippen molar-refractivity contribution in [2.75, 3.05) is 0 Å². The van der Waals surface area contributed by atoms with Gasteiger partial charge in [-0.2, -0.15) is 0 Å². The van der Waals surface area contributed by atoms with Gasteiger partial charge in [0, 0.05) is 11.8 Å². The van der Waals surface area contributed by atoms with Gasteiger partial charge in [0.2, 0.25) is 0 Å². The zero-order chi connectivity index (χ0) is 27.9. The van der Waals surface area contributed by atoms with E-state index in [9.17, 15) is 0 Å². The fraction of sp³-hybridized carbons (Fsp3) is 0.0769. The van der Waals surface area contributed by atoms with Crippen LogP contribution in [0.4, 0.5) is 0 Å². The summed E-state index contributed by atoms with van der Waals surface area (Å²) in [4.78, 5) is 0. The van der Waals surface area contributed by atoms with Gasteiger partial charge in [-0.25, -0.2) is 0 Å². The minimum absolute atomic E-state index is 0.537. The van der Waals surface area contributed by atoms with E-state index in [2.05, 4.69) is 134 Å². The molecule has 0 aliphatic carbocycles. The molecule has 0 unspecified atom stereocenters. The van der Waals surface area contributed by atoms with Crippen LogP contribution in [-0.2, 0) is 11.8 Å². The Hall–Kier alpha value is -4.10. The average molecular weight is 568 g/mol. The van der Waals surface area contributed by atoms with Crippen molar-refractivity contribution in [3.8, 4) is 0 Å².